The number of nitrogens with zero attached hydrogens (tertiary/aromatic N) is 1. The largest absolute Gasteiger partial charge is 0.466 e. The van der Waals surface area contributed by atoms with Crippen molar-refractivity contribution >= 4 is 17.8 Å². The number of esters is 1. The Morgan fingerprint density at radius 3 is 2.81 bits per heavy atom. The normalized spacial score (nSPS) is 20.2. The summed E-state index contributed by atoms with van der Waals surface area (Å²) in [6.07, 6.45) is -0.0841. The Labute approximate surface area is 93.9 Å². The molecule has 16 heavy (non-hydrogen) atoms. The number of nitrogens with one attached hydrogen (secondary N) is 1. The maximum absolute atomic E-state index is 11.5. The van der Waals surface area contributed by atoms with Gasteiger partial charge in [0.05, 0.1) is 13.0 Å². The number of amides is 2. The Morgan fingerprint density at radius 2 is 2.25 bits per heavy atom. The molecule has 2 amide bonds. The fraction of sp³-hybridized carbons (Fsp3) is 0.700. The van der Waals surface area contributed by atoms with E-state index in [0.717, 1.165) is 0 Å². The lowest BCUT2D eigenvalue weighted by molar-refractivity contribution is -0.151. The van der Waals surface area contributed by atoms with Crippen LogP contribution in [0.2, 0.25) is 0 Å². The summed E-state index contributed by atoms with van der Waals surface area (Å²) in [6, 6.07) is -0.731. The molecule has 1 saturated heterocycles. The molecule has 6 heteroatoms. The molecule has 1 N–H and O–H groups in total. The molecule has 1 heterocycles. The molecular weight excluding hydrogens is 212 g/mol. The van der Waals surface area contributed by atoms with Crippen LogP contribution in [0.3, 0.4) is 0 Å². The molecule has 1 rings (SSSR count). The van der Waals surface area contributed by atoms with Crippen LogP contribution < -0.4 is 5.32 Å². The van der Waals surface area contributed by atoms with Gasteiger partial charge in [-0.3, -0.25) is 14.4 Å². The van der Waals surface area contributed by atoms with Gasteiger partial charge in [-0.15, -0.1) is 0 Å². The second-order valence-electron chi connectivity index (χ2n) is 3.53. The van der Waals surface area contributed by atoms with Crippen molar-refractivity contribution < 1.29 is 19.1 Å². The van der Waals surface area contributed by atoms with E-state index in [4.69, 9.17) is 4.74 Å². The van der Waals surface area contributed by atoms with Crippen LogP contribution in [0.4, 0.5) is 0 Å². The van der Waals surface area contributed by atoms with E-state index < -0.39 is 12.0 Å². The Balaban J connectivity index is 2.67. The first kappa shape index (κ1) is 12.5. The molecule has 0 radical (unpaired) electrons. The van der Waals surface area contributed by atoms with Crippen molar-refractivity contribution in [2.45, 2.75) is 26.3 Å². The second kappa shape index (κ2) is 5.48. The first-order valence-corrected chi connectivity index (χ1v) is 5.26. The zero-order valence-corrected chi connectivity index (χ0v) is 9.49. The van der Waals surface area contributed by atoms with Gasteiger partial charge in [0, 0.05) is 20.0 Å². The zero-order valence-electron chi connectivity index (χ0n) is 9.49. The van der Waals surface area contributed by atoms with E-state index in [1.54, 1.807) is 6.92 Å². The van der Waals surface area contributed by atoms with Crippen molar-refractivity contribution in [3.05, 3.63) is 0 Å². The number of carbonyl (C=O) groups is 3. The smallest absolute Gasteiger partial charge is 0.308 e. The lowest BCUT2D eigenvalue weighted by Crippen LogP contribution is -2.57. The van der Waals surface area contributed by atoms with Gasteiger partial charge < -0.3 is 15.0 Å². The van der Waals surface area contributed by atoms with Crippen molar-refractivity contribution in [3.8, 4) is 0 Å². The van der Waals surface area contributed by atoms with Crippen LogP contribution >= 0.6 is 0 Å². The Kier molecular flexibility index (Phi) is 4.28. The van der Waals surface area contributed by atoms with Crippen LogP contribution in [0.5, 0.6) is 0 Å². The molecule has 1 atom stereocenters. The molecule has 1 aliphatic heterocycles. The van der Waals surface area contributed by atoms with Crippen molar-refractivity contribution in [2.24, 2.45) is 0 Å². The van der Waals surface area contributed by atoms with E-state index in [0.29, 0.717) is 13.1 Å². The lowest BCUT2D eigenvalue weighted by atomic mass is 10.1. The first-order valence-electron chi connectivity index (χ1n) is 5.26. The Bertz CT molecular complexity index is 303. The summed E-state index contributed by atoms with van der Waals surface area (Å²) >= 11 is 0. The molecular formula is C10H16N2O4. The Morgan fingerprint density at radius 1 is 1.56 bits per heavy atom. The molecule has 0 bridgehead atoms. The number of hydrogen-bond donors (Lipinski definition) is 1. The zero-order chi connectivity index (χ0) is 12.1. The highest BCUT2D eigenvalue weighted by atomic mass is 16.5. The summed E-state index contributed by atoms with van der Waals surface area (Å²) in [5, 5.41) is 2.62. The molecule has 0 aromatic rings. The Hall–Kier alpha value is -1.59. The maximum atomic E-state index is 11.5. The molecule has 0 unspecified atom stereocenters. The molecule has 0 aromatic heterocycles. The van der Waals surface area contributed by atoms with Gasteiger partial charge in [0.1, 0.15) is 6.04 Å². The summed E-state index contributed by atoms with van der Waals surface area (Å²) in [5.74, 6) is -0.963. The van der Waals surface area contributed by atoms with Crippen LogP contribution in [-0.4, -0.2) is 48.4 Å². The van der Waals surface area contributed by atoms with Gasteiger partial charge in [0.15, 0.2) is 0 Å². The number of hydrogen-bond acceptors (Lipinski definition) is 4. The number of piperazine rings is 1. The standard InChI is InChI=1S/C10H16N2O4/c1-3-16-9(14)6-8-10(15)11-4-5-12(8)7(2)13/h8H,3-6H2,1-2H3,(H,11,15)/t8-/m0/s1. The highest BCUT2D eigenvalue weighted by Gasteiger charge is 2.33. The van der Waals surface area contributed by atoms with Crippen LogP contribution in [-0.2, 0) is 19.1 Å². The van der Waals surface area contributed by atoms with Gasteiger partial charge in [0.25, 0.3) is 0 Å². The average molecular weight is 228 g/mol. The van der Waals surface area contributed by atoms with E-state index in [9.17, 15) is 14.4 Å². The third kappa shape index (κ3) is 2.95. The highest BCUT2D eigenvalue weighted by molar-refractivity contribution is 5.91. The monoisotopic (exact) mass is 228 g/mol. The quantitative estimate of drug-likeness (QED) is 0.647. The van der Waals surface area contributed by atoms with Gasteiger partial charge in [-0.05, 0) is 6.92 Å². The van der Waals surface area contributed by atoms with E-state index in [2.05, 4.69) is 5.32 Å². The maximum Gasteiger partial charge on any atom is 0.308 e. The van der Waals surface area contributed by atoms with Crippen molar-refractivity contribution in [1.82, 2.24) is 10.2 Å². The third-order valence-electron chi connectivity index (χ3n) is 2.40. The van der Waals surface area contributed by atoms with Gasteiger partial charge in [-0.25, -0.2) is 0 Å². The van der Waals surface area contributed by atoms with Crippen molar-refractivity contribution in [1.29, 1.82) is 0 Å². The SMILES string of the molecule is CCOC(=O)C[C@H]1C(=O)NCCN1C(C)=O. The molecule has 1 fully saturated rings. The van der Waals surface area contributed by atoms with E-state index in [1.807, 2.05) is 0 Å². The third-order valence-corrected chi connectivity index (χ3v) is 2.40. The highest BCUT2D eigenvalue weighted by Crippen LogP contribution is 2.10. The summed E-state index contributed by atoms with van der Waals surface area (Å²) in [5.41, 5.74) is 0. The molecule has 90 valence electrons. The molecule has 0 aromatic carbocycles. The summed E-state index contributed by atoms with van der Waals surface area (Å²) in [6.45, 7) is 4.22. The van der Waals surface area contributed by atoms with Crippen molar-refractivity contribution in [3.63, 3.8) is 0 Å². The molecule has 6 nitrogen and oxygen atoms in total. The van der Waals surface area contributed by atoms with E-state index in [1.165, 1.54) is 11.8 Å². The van der Waals surface area contributed by atoms with Crippen LogP contribution in [0.15, 0.2) is 0 Å². The molecule has 0 spiro atoms. The van der Waals surface area contributed by atoms with E-state index in [-0.39, 0.29) is 24.8 Å². The van der Waals surface area contributed by atoms with Crippen LogP contribution in [0.1, 0.15) is 20.3 Å². The second-order valence-corrected chi connectivity index (χ2v) is 3.53. The average Bonchev–Trinajstić information content (AvgIpc) is 2.21. The van der Waals surface area contributed by atoms with Crippen molar-refractivity contribution in [2.75, 3.05) is 19.7 Å². The van der Waals surface area contributed by atoms with E-state index >= 15 is 0 Å². The van der Waals surface area contributed by atoms with Gasteiger partial charge in [-0.1, -0.05) is 0 Å². The molecule has 1 aliphatic rings. The van der Waals surface area contributed by atoms with Gasteiger partial charge >= 0.3 is 5.97 Å². The number of rotatable bonds is 3. The minimum absolute atomic E-state index is 0.0841. The number of ether oxygens (including phenoxy) is 1. The minimum Gasteiger partial charge on any atom is -0.466 e. The topological polar surface area (TPSA) is 75.7 Å². The minimum atomic E-state index is -0.731. The summed E-state index contributed by atoms with van der Waals surface area (Å²) in [4.78, 5) is 35.5. The fourth-order valence-corrected chi connectivity index (χ4v) is 1.67. The molecule has 0 saturated carbocycles. The predicted octanol–water partition coefficient (Wildman–Crippen LogP) is -0.713. The fourth-order valence-electron chi connectivity index (χ4n) is 1.67. The predicted molar refractivity (Wildman–Crippen MR) is 55.4 cm³/mol. The molecule has 0 aliphatic carbocycles. The lowest BCUT2D eigenvalue weighted by Gasteiger charge is -2.33. The van der Waals surface area contributed by atoms with Crippen LogP contribution in [0, 0.1) is 0 Å². The van der Waals surface area contributed by atoms with Gasteiger partial charge in [0.2, 0.25) is 11.8 Å². The summed E-state index contributed by atoms with van der Waals surface area (Å²) < 4.78 is 4.76. The van der Waals surface area contributed by atoms with Crippen LogP contribution in [0.25, 0.3) is 0 Å². The first-order chi connectivity index (χ1) is 7.56. The number of carbonyl (C=O) groups excluding carboxylic acids is 3. The summed E-state index contributed by atoms with van der Waals surface area (Å²) in [7, 11) is 0. The van der Waals surface area contributed by atoms with Gasteiger partial charge in [-0.2, -0.15) is 0 Å².